The number of carbonyl (C=O) groups is 1. The van der Waals surface area contributed by atoms with Gasteiger partial charge in [0.05, 0.1) is 7.11 Å². The van der Waals surface area contributed by atoms with E-state index in [2.05, 4.69) is 10.3 Å². The van der Waals surface area contributed by atoms with Crippen LogP contribution < -0.4 is 10.1 Å². The number of phenols is 1. The molecule has 0 fully saturated rings. The van der Waals surface area contributed by atoms with Gasteiger partial charge in [-0.05, 0) is 41.5 Å². The second-order valence-corrected chi connectivity index (χ2v) is 7.54. The molecule has 3 rings (SSSR count). The molecule has 146 valence electrons. The summed E-state index contributed by atoms with van der Waals surface area (Å²) >= 11 is 7.23. The van der Waals surface area contributed by atoms with E-state index >= 15 is 0 Å². The van der Waals surface area contributed by atoms with Gasteiger partial charge >= 0.3 is 0 Å². The molecule has 29 heavy (non-hydrogen) atoms. The molecule has 0 aliphatic heterocycles. The van der Waals surface area contributed by atoms with Gasteiger partial charge < -0.3 is 9.84 Å². The maximum absolute atomic E-state index is 12.4. The molecule has 2 N–H and O–H groups in total. The summed E-state index contributed by atoms with van der Waals surface area (Å²) in [5.41, 5.74) is 1.54. The molecule has 1 heterocycles. The smallest absolute Gasteiger partial charge is 0.268 e. The van der Waals surface area contributed by atoms with Crippen molar-refractivity contribution in [2.75, 3.05) is 12.4 Å². The molecule has 0 unspecified atom stereocenters. The largest absolute Gasteiger partial charge is 0.504 e. The molecule has 1 amide bonds. The molecule has 0 saturated carbocycles. The maximum atomic E-state index is 12.4. The first-order valence-electron chi connectivity index (χ1n) is 8.48. The summed E-state index contributed by atoms with van der Waals surface area (Å²) in [6.45, 7) is 0. The highest BCUT2D eigenvalue weighted by Gasteiger charge is 2.13. The number of nitrogens with one attached hydrogen (secondary N) is 1. The van der Waals surface area contributed by atoms with Crippen molar-refractivity contribution in [2.45, 2.75) is 6.42 Å². The quantitative estimate of drug-likeness (QED) is 0.442. The average molecular weight is 426 g/mol. The zero-order valence-electron chi connectivity index (χ0n) is 15.3. The van der Waals surface area contributed by atoms with Crippen molar-refractivity contribution in [2.24, 2.45) is 0 Å². The molecule has 8 heteroatoms. The number of carbonyl (C=O) groups excluding carboxylic acids is 1. The molecule has 0 atom stereocenters. The fourth-order valence-electron chi connectivity index (χ4n) is 2.51. The third kappa shape index (κ3) is 5.35. The van der Waals surface area contributed by atoms with Crippen molar-refractivity contribution in [3.8, 4) is 17.6 Å². The van der Waals surface area contributed by atoms with Crippen molar-refractivity contribution in [1.29, 1.82) is 5.26 Å². The van der Waals surface area contributed by atoms with E-state index in [4.69, 9.17) is 16.3 Å². The molecule has 0 bridgehead atoms. The van der Waals surface area contributed by atoms with Crippen LogP contribution in [0.25, 0.3) is 6.08 Å². The number of aromatic hydroxyl groups is 1. The molecule has 0 aliphatic rings. The van der Waals surface area contributed by atoms with Crippen LogP contribution in [0.4, 0.5) is 5.13 Å². The number of hydrogen-bond donors (Lipinski definition) is 2. The van der Waals surface area contributed by atoms with E-state index in [1.165, 1.54) is 36.7 Å². The van der Waals surface area contributed by atoms with Crippen LogP contribution >= 0.6 is 22.9 Å². The lowest BCUT2D eigenvalue weighted by Crippen LogP contribution is -2.13. The second kappa shape index (κ2) is 9.24. The van der Waals surface area contributed by atoms with Gasteiger partial charge in [-0.3, -0.25) is 10.1 Å². The van der Waals surface area contributed by atoms with Crippen molar-refractivity contribution in [3.63, 3.8) is 0 Å². The first-order chi connectivity index (χ1) is 14.0. The summed E-state index contributed by atoms with van der Waals surface area (Å²) in [4.78, 5) is 17.6. The minimum absolute atomic E-state index is 0.0244. The first kappa shape index (κ1) is 20.4. The van der Waals surface area contributed by atoms with Crippen LogP contribution in [0.15, 0.2) is 54.2 Å². The molecule has 0 aliphatic carbocycles. The van der Waals surface area contributed by atoms with Crippen LogP contribution in [0.3, 0.4) is 0 Å². The average Bonchev–Trinajstić information content (AvgIpc) is 3.15. The highest BCUT2D eigenvalue weighted by Crippen LogP contribution is 2.27. The number of amides is 1. The molecule has 0 radical (unpaired) electrons. The van der Waals surface area contributed by atoms with Crippen molar-refractivity contribution >= 4 is 40.1 Å². The predicted octanol–water partition coefficient (Wildman–Crippen LogP) is 4.65. The number of phenolic OH excluding ortho intramolecular Hbond substituents is 1. The van der Waals surface area contributed by atoms with E-state index in [1.807, 2.05) is 30.3 Å². The molecule has 0 spiro atoms. The predicted molar refractivity (Wildman–Crippen MR) is 113 cm³/mol. The number of nitrogens with zero attached hydrogens (tertiary/aromatic N) is 2. The number of methoxy groups -OCH3 is 1. The van der Waals surface area contributed by atoms with Crippen LogP contribution in [-0.4, -0.2) is 23.1 Å². The van der Waals surface area contributed by atoms with E-state index in [9.17, 15) is 15.2 Å². The van der Waals surface area contributed by atoms with Gasteiger partial charge in [0.25, 0.3) is 5.91 Å². The number of hydrogen-bond acceptors (Lipinski definition) is 6. The number of ether oxygens (including phenoxy) is 1. The number of nitriles is 1. The van der Waals surface area contributed by atoms with Crippen LogP contribution in [0, 0.1) is 11.3 Å². The Morgan fingerprint density at radius 2 is 2.10 bits per heavy atom. The lowest BCUT2D eigenvalue weighted by atomic mass is 10.1. The Bertz CT molecular complexity index is 1100. The van der Waals surface area contributed by atoms with E-state index in [0.29, 0.717) is 22.1 Å². The van der Waals surface area contributed by atoms with Gasteiger partial charge in [-0.25, -0.2) is 4.98 Å². The van der Waals surface area contributed by atoms with Gasteiger partial charge in [0.2, 0.25) is 0 Å². The van der Waals surface area contributed by atoms with Crippen molar-refractivity contribution < 1.29 is 14.6 Å². The molecule has 2 aromatic carbocycles. The minimum Gasteiger partial charge on any atom is -0.504 e. The normalized spacial score (nSPS) is 11.0. The van der Waals surface area contributed by atoms with Gasteiger partial charge in [0.1, 0.15) is 11.6 Å². The summed E-state index contributed by atoms with van der Waals surface area (Å²) in [6.07, 6.45) is 3.77. The summed E-state index contributed by atoms with van der Waals surface area (Å²) in [5.74, 6) is -0.334. The van der Waals surface area contributed by atoms with Crippen LogP contribution in [0.5, 0.6) is 11.5 Å². The molecule has 1 aromatic heterocycles. The van der Waals surface area contributed by atoms with Crippen LogP contribution in [-0.2, 0) is 11.2 Å². The third-order valence-corrected chi connectivity index (χ3v) is 5.11. The number of rotatable bonds is 6. The number of anilines is 1. The molecule has 6 nitrogen and oxygen atoms in total. The van der Waals surface area contributed by atoms with E-state index in [1.54, 1.807) is 12.3 Å². The minimum atomic E-state index is -0.563. The number of halogens is 1. The monoisotopic (exact) mass is 425 g/mol. The Morgan fingerprint density at radius 1 is 1.34 bits per heavy atom. The van der Waals surface area contributed by atoms with Gasteiger partial charge in [-0.15, -0.1) is 11.3 Å². The molecule has 0 saturated heterocycles. The van der Waals surface area contributed by atoms with E-state index < -0.39 is 5.91 Å². The maximum Gasteiger partial charge on any atom is 0.268 e. The lowest BCUT2D eigenvalue weighted by molar-refractivity contribution is -0.112. The van der Waals surface area contributed by atoms with Gasteiger partial charge in [0, 0.05) is 22.5 Å². The summed E-state index contributed by atoms with van der Waals surface area (Å²) < 4.78 is 5.04. The highest BCUT2D eigenvalue weighted by atomic mass is 35.5. The summed E-state index contributed by atoms with van der Waals surface area (Å²) in [7, 11) is 1.42. The SMILES string of the molecule is COc1cc(C=C(C#N)C(=O)Nc2ncc(Cc3ccc(Cl)cc3)s2)ccc1O. The Balaban J connectivity index is 1.71. The zero-order chi connectivity index (χ0) is 20.8. The fraction of sp³-hybridized carbons (Fsp3) is 0.0952. The lowest BCUT2D eigenvalue weighted by Gasteiger charge is -2.04. The topological polar surface area (TPSA) is 95.2 Å². The van der Waals surface area contributed by atoms with Crippen LogP contribution in [0.1, 0.15) is 16.0 Å². The summed E-state index contributed by atoms with van der Waals surface area (Å²) in [6, 6.07) is 13.9. The molecular formula is C21H16ClN3O3S. The highest BCUT2D eigenvalue weighted by molar-refractivity contribution is 7.15. The van der Waals surface area contributed by atoms with Gasteiger partial charge in [-0.1, -0.05) is 29.8 Å². The van der Waals surface area contributed by atoms with E-state index in [0.717, 1.165) is 10.4 Å². The Labute approximate surface area is 176 Å². The van der Waals surface area contributed by atoms with Crippen LogP contribution in [0.2, 0.25) is 5.02 Å². The Hall–Kier alpha value is -3.34. The summed E-state index contributed by atoms with van der Waals surface area (Å²) in [5, 5.41) is 22.7. The zero-order valence-corrected chi connectivity index (χ0v) is 16.9. The number of aromatic nitrogens is 1. The standard InChI is InChI=1S/C21H16ClN3O3S/c1-28-19-10-14(4-7-18(19)26)8-15(11-23)20(27)25-21-24-12-17(29-21)9-13-2-5-16(22)6-3-13/h2-8,10,12,26H,9H2,1H3,(H,24,25,27). The van der Waals surface area contributed by atoms with Gasteiger partial charge in [0.15, 0.2) is 16.6 Å². The number of thiazole rings is 1. The first-order valence-corrected chi connectivity index (χ1v) is 9.67. The Kier molecular flexibility index (Phi) is 6.50. The van der Waals surface area contributed by atoms with Gasteiger partial charge in [-0.2, -0.15) is 5.26 Å². The molecular weight excluding hydrogens is 410 g/mol. The molecule has 3 aromatic rings. The van der Waals surface area contributed by atoms with Crippen molar-refractivity contribution in [3.05, 3.63) is 75.3 Å². The Morgan fingerprint density at radius 3 is 2.79 bits per heavy atom. The third-order valence-electron chi connectivity index (χ3n) is 3.95. The van der Waals surface area contributed by atoms with E-state index in [-0.39, 0.29) is 17.1 Å². The second-order valence-electron chi connectivity index (χ2n) is 5.99. The number of benzene rings is 2. The van der Waals surface area contributed by atoms with Crippen molar-refractivity contribution in [1.82, 2.24) is 4.98 Å². The fourth-order valence-corrected chi connectivity index (χ4v) is 3.48.